The lowest BCUT2D eigenvalue weighted by Crippen LogP contribution is -2.32. The molecular weight excluding hydrogens is 335 g/mol. The third kappa shape index (κ3) is 4.41. The van der Waals surface area contributed by atoms with E-state index >= 15 is 0 Å². The minimum Gasteiger partial charge on any atom is -0.364 e. The molecule has 1 aliphatic heterocycles. The number of nitrogens with two attached hydrogens (primary N) is 1. The molecule has 1 aromatic heterocycles. The minimum absolute atomic E-state index is 0.136. The zero-order valence-electron chi connectivity index (χ0n) is 14.4. The van der Waals surface area contributed by atoms with Crippen molar-refractivity contribution in [3.05, 3.63) is 59.4 Å². The lowest BCUT2D eigenvalue weighted by Gasteiger charge is -2.20. The molecule has 26 heavy (non-hydrogen) atoms. The van der Waals surface area contributed by atoms with Gasteiger partial charge in [-0.1, -0.05) is 6.07 Å². The molecule has 3 rings (SSSR count). The van der Waals surface area contributed by atoms with Gasteiger partial charge in [0.25, 0.3) is 11.8 Å². The molecule has 1 atom stereocenters. The van der Waals surface area contributed by atoms with Crippen molar-refractivity contribution in [1.29, 1.82) is 0 Å². The molecule has 0 unspecified atom stereocenters. The zero-order chi connectivity index (χ0) is 18.5. The van der Waals surface area contributed by atoms with Gasteiger partial charge in [-0.2, -0.15) is 0 Å². The van der Waals surface area contributed by atoms with Crippen molar-refractivity contribution in [3.63, 3.8) is 0 Å². The molecule has 2 amide bonds. The normalized spacial score (nSPS) is 17.6. The van der Waals surface area contributed by atoms with Gasteiger partial charge in [0, 0.05) is 24.3 Å². The van der Waals surface area contributed by atoms with E-state index in [0.717, 1.165) is 25.0 Å². The molecular formula is C19H21FN4O2. The minimum atomic E-state index is -0.568. The Labute approximate surface area is 151 Å². The number of likely N-dealkylation sites (tertiary alicyclic amines) is 1. The van der Waals surface area contributed by atoms with Crippen LogP contribution in [0.25, 0.3) is 0 Å². The maximum Gasteiger partial charge on any atom is 0.267 e. The number of nitrogens with zero attached hydrogens (tertiary/aromatic N) is 3. The molecule has 1 saturated heterocycles. The second-order valence-corrected chi connectivity index (χ2v) is 6.56. The average molecular weight is 356 g/mol. The maximum absolute atomic E-state index is 13.4. The van der Waals surface area contributed by atoms with E-state index in [1.54, 1.807) is 23.1 Å². The smallest absolute Gasteiger partial charge is 0.267 e. The number of hydrogen-bond donors (Lipinski definition) is 1. The second kappa shape index (κ2) is 8.03. The summed E-state index contributed by atoms with van der Waals surface area (Å²) in [5.41, 5.74) is 6.63. The van der Waals surface area contributed by atoms with E-state index in [1.807, 2.05) is 0 Å². The second-order valence-electron chi connectivity index (χ2n) is 6.56. The molecule has 2 N–H and O–H groups in total. The summed E-state index contributed by atoms with van der Waals surface area (Å²) in [6, 6.07) is 7.42. The number of carbonyl (C=O) groups is 2. The monoisotopic (exact) mass is 356 g/mol. The molecule has 1 fully saturated rings. The number of carbonyl (C=O) groups excluding carboxylic acids is 2. The molecule has 1 aliphatic rings. The van der Waals surface area contributed by atoms with E-state index in [9.17, 15) is 14.0 Å². The molecule has 6 nitrogen and oxygen atoms in total. The topological polar surface area (TPSA) is 89.2 Å². The first-order chi connectivity index (χ1) is 12.5. The summed E-state index contributed by atoms with van der Waals surface area (Å²) >= 11 is 0. The Morgan fingerprint density at radius 2 is 2.04 bits per heavy atom. The predicted molar refractivity (Wildman–Crippen MR) is 93.9 cm³/mol. The quantitative estimate of drug-likeness (QED) is 0.909. The van der Waals surface area contributed by atoms with Crippen LogP contribution in [-0.2, 0) is 6.42 Å². The summed E-state index contributed by atoms with van der Waals surface area (Å²) in [5, 5.41) is 0. The summed E-state index contributed by atoms with van der Waals surface area (Å²) in [6.45, 7) is 1.27. The number of aromatic nitrogens is 2. The Kier molecular flexibility index (Phi) is 5.55. The van der Waals surface area contributed by atoms with Crippen LogP contribution in [-0.4, -0.2) is 39.8 Å². The number of hydrogen-bond acceptors (Lipinski definition) is 4. The maximum atomic E-state index is 13.4. The standard InChI is InChI=1S/C19H21FN4O2/c20-15-5-1-4-14(10-15)19(26)24-7-2-3-13(6-8-24)9-16-11-17(18(21)25)23-12-22-16/h1,4-5,10-13H,2-3,6-9H2,(H2,21,25)/t13-/m1/s1. The molecule has 2 heterocycles. The van der Waals surface area contributed by atoms with Crippen molar-refractivity contribution in [2.75, 3.05) is 13.1 Å². The van der Waals surface area contributed by atoms with Crippen molar-refractivity contribution < 1.29 is 14.0 Å². The Morgan fingerprint density at radius 3 is 2.81 bits per heavy atom. The van der Waals surface area contributed by atoms with Gasteiger partial charge in [0.15, 0.2) is 0 Å². The van der Waals surface area contributed by atoms with Crippen molar-refractivity contribution in [1.82, 2.24) is 14.9 Å². The Hall–Kier alpha value is -2.83. The zero-order valence-corrected chi connectivity index (χ0v) is 14.4. The van der Waals surface area contributed by atoms with Gasteiger partial charge < -0.3 is 10.6 Å². The van der Waals surface area contributed by atoms with Gasteiger partial charge in [0.05, 0.1) is 0 Å². The highest BCUT2D eigenvalue weighted by Gasteiger charge is 2.22. The van der Waals surface area contributed by atoms with Crippen LogP contribution in [0.2, 0.25) is 0 Å². The van der Waals surface area contributed by atoms with Crippen molar-refractivity contribution in [3.8, 4) is 0 Å². The van der Waals surface area contributed by atoms with Crippen LogP contribution >= 0.6 is 0 Å². The molecule has 2 aromatic rings. The van der Waals surface area contributed by atoms with Gasteiger partial charge >= 0.3 is 0 Å². The molecule has 0 aliphatic carbocycles. The van der Waals surface area contributed by atoms with Crippen LogP contribution in [0.1, 0.15) is 45.8 Å². The fraction of sp³-hybridized carbons (Fsp3) is 0.368. The molecule has 1 aromatic carbocycles. The predicted octanol–water partition coefficient (Wildman–Crippen LogP) is 2.20. The number of primary amides is 1. The molecule has 0 radical (unpaired) electrons. The number of rotatable bonds is 4. The third-order valence-electron chi connectivity index (χ3n) is 4.68. The van der Waals surface area contributed by atoms with Gasteiger partial charge in [-0.05, 0) is 55.9 Å². The molecule has 136 valence electrons. The van der Waals surface area contributed by atoms with E-state index in [2.05, 4.69) is 9.97 Å². The van der Waals surface area contributed by atoms with E-state index in [1.165, 1.54) is 18.5 Å². The lowest BCUT2D eigenvalue weighted by atomic mass is 9.95. The third-order valence-corrected chi connectivity index (χ3v) is 4.68. The van der Waals surface area contributed by atoms with Crippen molar-refractivity contribution >= 4 is 11.8 Å². The number of benzene rings is 1. The Bertz CT molecular complexity index is 812. The summed E-state index contributed by atoms with van der Waals surface area (Å²) < 4.78 is 13.4. The summed E-state index contributed by atoms with van der Waals surface area (Å²) in [4.78, 5) is 33.7. The fourth-order valence-corrected chi connectivity index (χ4v) is 3.32. The summed E-state index contributed by atoms with van der Waals surface area (Å²) in [5.74, 6) is -0.752. The van der Waals surface area contributed by atoms with Crippen LogP contribution < -0.4 is 5.73 Å². The first-order valence-electron chi connectivity index (χ1n) is 8.68. The highest BCUT2D eigenvalue weighted by molar-refractivity contribution is 5.94. The van der Waals surface area contributed by atoms with Crippen LogP contribution in [0.3, 0.4) is 0 Å². The van der Waals surface area contributed by atoms with Gasteiger partial charge in [0.1, 0.15) is 17.8 Å². The first-order valence-corrected chi connectivity index (χ1v) is 8.68. The van der Waals surface area contributed by atoms with E-state index in [-0.39, 0.29) is 11.6 Å². The number of amides is 2. The summed E-state index contributed by atoms with van der Waals surface area (Å²) in [7, 11) is 0. The SMILES string of the molecule is NC(=O)c1cc(C[C@@H]2CCCN(C(=O)c3cccc(F)c3)CC2)ncn1. The van der Waals surface area contributed by atoms with Gasteiger partial charge in [-0.3, -0.25) is 9.59 Å². The van der Waals surface area contributed by atoms with Gasteiger partial charge in [0.2, 0.25) is 0 Å². The lowest BCUT2D eigenvalue weighted by molar-refractivity contribution is 0.0759. The molecule has 7 heteroatoms. The first kappa shape index (κ1) is 18.0. The van der Waals surface area contributed by atoms with Crippen LogP contribution in [0.5, 0.6) is 0 Å². The van der Waals surface area contributed by atoms with Crippen LogP contribution in [0.15, 0.2) is 36.7 Å². The highest BCUT2D eigenvalue weighted by atomic mass is 19.1. The Morgan fingerprint density at radius 1 is 1.19 bits per heavy atom. The molecule has 0 bridgehead atoms. The van der Waals surface area contributed by atoms with Gasteiger partial charge in [-0.25, -0.2) is 14.4 Å². The fourth-order valence-electron chi connectivity index (χ4n) is 3.32. The van der Waals surface area contributed by atoms with Crippen molar-refractivity contribution in [2.45, 2.75) is 25.7 Å². The Balaban J connectivity index is 1.62. The van der Waals surface area contributed by atoms with Crippen molar-refractivity contribution in [2.24, 2.45) is 11.7 Å². The van der Waals surface area contributed by atoms with Crippen LogP contribution in [0, 0.1) is 11.7 Å². The molecule has 0 spiro atoms. The number of halogens is 1. The van der Waals surface area contributed by atoms with E-state index in [0.29, 0.717) is 31.0 Å². The molecule has 0 saturated carbocycles. The average Bonchev–Trinajstić information content (AvgIpc) is 2.87. The van der Waals surface area contributed by atoms with E-state index in [4.69, 9.17) is 5.73 Å². The van der Waals surface area contributed by atoms with E-state index < -0.39 is 11.7 Å². The van der Waals surface area contributed by atoms with Gasteiger partial charge in [-0.15, -0.1) is 0 Å². The highest BCUT2D eigenvalue weighted by Crippen LogP contribution is 2.22. The van der Waals surface area contributed by atoms with Crippen LogP contribution in [0.4, 0.5) is 4.39 Å². The largest absolute Gasteiger partial charge is 0.364 e. The summed E-state index contributed by atoms with van der Waals surface area (Å²) in [6.07, 6.45) is 4.73.